The third kappa shape index (κ3) is 4.70. The Morgan fingerprint density at radius 2 is 2.07 bits per heavy atom. The van der Waals surface area contributed by atoms with Crippen molar-refractivity contribution >= 4 is 5.91 Å². The minimum Gasteiger partial charge on any atom is -0.342 e. The summed E-state index contributed by atoms with van der Waals surface area (Å²) >= 11 is 0. The SMILES string of the molecule is CC(CC#N)N(C)C(=O)CC(F)(F)F. The highest BCUT2D eigenvalue weighted by Gasteiger charge is 2.33. The Morgan fingerprint density at radius 3 is 2.43 bits per heavy atom. The van der Waals surface area contributed by atoms with Gasteiger partial charge >= 0.3 is 6.18 Å². The van der Waals surface area contributed by atoms with Gasteiger partial charge in [-0.1, -0.05) is 0 Å². The van der Waals surface area contributed by atoms with Crippen LogP contribution in [0.5, 0.6) is 0 Å². The van der Waals surface area contributed by atoms with Gasteiger partial charge in [-0.15, -0.1) is 0 Å². The Hall–Kier alpha value is -1.25. The first-order chi connectivity index (χ1) is 6.28. The molecule has 0 spiro atoms. The molecule has 0 aromatic rings. The van der Waals surface area contributed by atoms with E-state index in [4.69, 9.17) is 5.26 Å². The summed E-state index contributed by atoms with van der Waals surface area (Å²) in [6, 6.07) is 1.30. The Balaban J connectivity index is 4.20. The van der Waals surface area contributed by atoms with Crippen molar-refractivity contribution in [1.29, 1.82) is 5.26 Å². The van der Waals surface area contributed by atoms with Gasteiger partial charge in [0.25, 0.3) is 0 Å². The van der Waals surface area contributed by atoms with Crippen LogP contribution in [0, 0.1) is 11.3 Å². The fourth-order valence-electron chi connectivity index (χ4n) is 0.811. The minimum atomic E-state index is -4.49. The summed E-state index contributed by atoms with van der Waals surface area (Å²) in [7, 11) is 1.26. The van der Waals surface area contributed by atoms with Gasteiger partial charge in [-0.25, -0.2) is 0 Å². The second-order valence-corrected chi connectivity index (χ2v) is 3.01. The lowest BCUT2D eigenvalue weighted by Gasteiger charge is -2.23. The second-order valence-electron chi connectivity index (χ2n) is 3.01. The molecule has 0 aliphatic heterocycles. The van der Waals surface area contributed by atoms with Gasteiger partial charge in [0.15, 0.2) is 0 Å². The first kappa shape index (κ1) is 12.8. The first-order valence-corrected chi connectivity index (χ1v) is 3.97. The van der Waals surface area contributed by atoms with Crippen molar-refractivity contribution < 1.29 is 18.0 Å². The molecule has 0 fully saturated rings. The quantitative estimate of drug-likeness (QED) is 0.708. The maximum atomic E-state index is 11.8. The molecule has 0 aliphatic carbocycles. The molecular formula is C8H11F3N2O. The lowest BCUT2D eigenvalue weighted by molar-refractivity contribution is -0.161. The van der Waals surface area contributed by atoms with Gasteiger partial charge in [-0.2, -0.15) is 18.4 Å². The Bertz CT molecular complexity index is 244. The minimum absolute atomic E-state index is 0.0279. The van der Waals surface area contributed by atoms with E-state index in [1.807, 2.05) is 0 Å². The Morgan fingerprint density at radius 1 is 1.57 bits per heavy atom. The van der Waals surface area contributed by atoms with Crippen molar-refractivity contribution in [3.8, 4) is 6.07 Å². The van der Waals surface area contributed by atoms with Crippen molar-refractivity contribution in [3.63, 3.8) is 0 Å². The molecule has 0 N–H and O–H groups in total. The van der Waals surface area contributed by atoms with E-state index in [9.17, 15) is 18.0 Å². The molecule has 0 aromatic heterocycles. The van der Waals surface area contributed by atoms with E-state index in [2.05, 4.69) is 0 Å². The number of alkyl halides is 3. The number of hydrogen-bond acceptors (Lipinski definition) is 2. The fraction of sp³-hybridized carbons (Fsp3) is 0.750. The number of amides is 1. The molecule has 0 bridgehead atoms. The molecule has 0 aliphatic rings. The summed E-state index contributed by atoms with van der Waals surface area (Å²) in [4.78, 5) is 11.9. The second kappa shape index (κ2) is 4.84. The monoisotopic (exact) mass is 208 g/mol. The van der Waals surface area contributed by atoms with Gasteiger partial charge in [0, 0.05) is 13.1 Å². The fourth-order valence-corrected chi connectivity index (χ4v) is 0.811. The molecule has 1 atom stereocenters. The van der Waals surface area contributed by atoms with Crippen molar-refractivity contribution in [2.75, 3.05) is 7.05 Å². The summed E-state index contributed by atoms with van der Waals surface area (Å²) in [5.74, 6) is -1.01. The van der Waals surface area contributed by atoms with Crippen LogP contribution in [0.3, 0.4) is 0 Å². The topological polar surface area (TPSA) is 44.1 Å². The summed E-state index contributed by atoms with van der Waals surface area (Å²) in [5, 5.41) is 8.29. The molecule has 6 heteroatoms. The van der Waals surface area contributed by atoms with E-state index >= 15 is 0 Å². The number of halogens is 3. The molecular weight excluding hydrogens is 197 g/mol. The van der Waals surface area contributed by atoms with Crippen LogP contribution in [-0.4, -0.2) is 30.1 Å². The average molecular weight is 208 g/mol. The zero-order valence-electron chi connectivity index (χ0n) is 7.93. The number of hydrogen-bond donors (Lipinski definition) is 0. The smallest absolute Gasteiger partial charge is 0.342 e. The zero-order chi connectivity index (χ0) is 11.4. The van der Waals surface area contributed by atoms with E-state index in [0.29, 0.717) is 0 Å². The highest BCUT2D eigenvalue weighted by molar-refractivity contribution is 5.76. The zero-order valence-corrected chi connectivity index (χ0v) is 7.93. The summed E-state index contributed by atoms with van der Waals surface area (Å²) in [5.41, 5.74) is 0. The number of rotatable bonds is 3. The Labute approximate surface area is 80.1 Å². The molecule has 14 heavy (non-hydrogen) atoms. The van der Waals surface area contributed by atoms with Gasteiger partial charge in [0.2, 0.25) is 5.91 Å². The maximum Gasteiger partial charge on any atom is 0.397 e. The highest BCUT2D eigenvalue weighted by Crippen LogP contribution is 2.21. The van der Waals surface area contributed by atoms with Crippen LogP contribution in [0.4, 0.5) is 13.2 Å². The number of carbonyl (C=O) groups is 1. The number of carbonyl (C=O) groups excluding carboxylic acids is 1. The third-order valence-corrected chi connectivity index (χ3v) is 1.79. The molecule has 0 radical (unpaired) electrons. The molecule has 0 saturated heterocycles. The summed E-state index contributed by atoms with van der Waals surface area (Å²) in [6.45, 7) is 1.53. The standard InChI is InChI=1S/C8H11F3N2O/c1-6(3-4-12)13(2)7(14)5-8(9,10)11/h6H,3,5H2,1-2H3. The van der Waals surface area contributed by atoms with Crippen LogP contribution in [-0.2, 0) is 4.79 Å². The van der Waals surface area contributed by atoms with Crippen molar-refractivity contribution in [1.82, 2.24) is 4.90 Å². The summed E-state index contributed by atoms with van der Waals surface area (Å²) in [6.07, 6.45) is -5.93. The maximum absolute atomic E-state index is 11.8. The van der Waals surface area contributed by atoms with E-state index < -0.39 is 24.5 Å². The van der Waals surface area contributed by atoms with Gasteiger partial charge in [-0.05, 0) is 6.92 Å². The predicted octanol–water partition coefficient (Wildman–Crippen LogP) is 1.70. The van der Waals surface area contributed by atoms with Crippen LogP contribution < -0.4 is 0 Å². The molecule has 1 amide bonds. The van der Waals surface area contributed by atoms with Gasteiger partial charge < -0.3 is 4.90 Å². The van der Waals surface area contributed by atoms with Crippen LogP contribution in [0.1, 0.15) is 19.8 Å². The highest BCUT2D eigenvalue weighted by atomic mass is 19.4. The molecule has 0 rings (SSSR count). The van der Waals surface area contributed by atoms with Crippen LogP contribution in [0.25, 0.3) is 0 Å². The molecule has 0 aromatic carbocycles. The molecule has 80 valence electrons. The van der Waals surface area contributed by atoms with E-state index in [1.165, 1.54) is 14.0 Å². The summed E-state index contributed by atoms with van der Waals surface area (Å²) < 4.78 is 35.4. The Kier molecular flexibility index (Phi) is 4.41. The normalized spacial score (nSPS) is 13.1. The molecule has 0 saturated carbocycles. The van der Waals surface area contributed by atoms with Gasteiger partial charge in [0.1, 0.15) is 6.42 Å². The molecule has 1 unspecified atom stereocenters. The number of nitrogens with zero attached hydrogens (tertiary/aromatic N) is 2. The average Bonchev–Trinajstić information content (AvgIpc) is 2.00. The number of nitriles is 1. The van der Waals surface area contributed by atoms with E-state index in [0.717, 1.165) is 4.90 Å². The molecule has 3 nitrogen and oxygen atoms in total. The van der Waals surface area contributed by atoms with Crippen LogP contribution in [0.2, 0.25) is 0 Å². The van der Waals surface area contributed by atoms with Crippen molar-refractivity contribution in [2.45, 2.75) is 32.0 Å². The lowest BCUT2D eigenvalue weighted by Crippen LogP contribution is -2.37. The van der Waals surface area contributed by atoms with Gasteiger partial charge in [0.05, 0.1) is 12.5 Å². The van der Waals surface area contributed by atoms with Crippen molar-refractivity contribution in [3.05, 3.63) is 0 Å². The predicted molar refractivity (Wildman–Crippen MR) is 43.1 cm³/mol. The third-order valence-electron chi connectivity index (χ3n) is 1.79. The molecule has 0 heterocycles. The van der Waals surface area contributed by atoms with E-state index in [-0.39, 0.29) is 6.42 Å². The van der Waals surface area contributed by atoms with E-state index in [1.54, 1.807) is 6.07 Å². The largest absolute Gasteiger partial charge is 0.397 e. The first-order valence-electron chi connectivity index (χ1n) is 3.97. The lowest BCUT2D eigenvalue weighted by atomic mass is 10.2. The van der Waals surface area contributed by atoms with Gasteiger partial charge in [-0.3, -0.25) is 4.79 Å². The van der Waals surface area contributed by atoms with Crippen LogP contribution in [0.15, 0.2) is 0 Å². The van der Waals surface area contributed by atoms with Crippen LogP contribution >= 0.6 is 0 Å². The van der Waals surface area contributed by atoms with Crippen molar-refractivity contribution in [2.24, 2.45) is 0 Å².